The van der Waals surface area contributed by atoms with Crippen molar-refractivity contribution in [1.82, 2.24) is 0 Å². The molecule has 0 atom stereocenters. The summed E-state index contributed by atoms with van der Waals surface area (Å²) in [7, 11) is 0. The Morgan fingerprint density at radius 2 is 2.45 bits per heavy atom. The van der Waals surface area contributed by atoms with Gasteiger partial charge in [0, 0.05) is 20.3 Å². The number of hydrogen-bond donors (Lipinski definition) is 0. The molecule has 0 saturated carbocycles. The minimum Gasteiger partial charge on any atom is -0.193 e. The largest absolute Gasteiger partial charge is 0.193 e. The van der Waals surface area contributed by atoms with Crippen molar-refractivity contribution in [3.63, 3.8) is 0 Å². The highest BCUT2D eigenvalue weighted by atomic mass is 79.9. The number of thiophene rings is 1. The molecule has 11 heavy (non-hydrogen) atoms. The number of nitriles is 1. The summed E-state index contributed by atoms with van der Waals surface area (Å²) >= 11 is 5.07. The molecule has 0 aliphatic rings. The Labute approximate surface area is 78.1 Å². The summed E-state index contributed by atoms with van der Waals surface area (Å²) in [6, 6.07) is 3.96. The summed E-state index contributed by atoms with van der Waals surface area (Å²) in [5, 5.41) is 8.26. The second-order valence-corrected chi connectivity index (χ2v) is 4.16. The van der Waals surface area contributed by atoms with Gasteiger partial charge in [0.15, 0.2) is 0 Å². The van der Waals surface area contributed by atoms with Crippen LogP contribution in [0, 0.1) is 18.3 Å². The molecule has 0 aromatic carbocycles. The normalized spacial score (nSPS) is 10.3. The maximum Gasteiger partial charge on any atom is 0.0912 e. The van der Waals surface area contributed by atoms with Gasteiger partial charge in [-0.15, -0.1) is 11.3 Å². The maximum atomic E-state index is 8.26. The Morgan fingerprint density at radius 3 is 2.91 bits per heavy atom. The van der Waals surface area contributed by atoms with E-state index < -0.39 is 0 Å². The van der Waals surface area contributed by atoms with E-state index in [1.165, 1.54) is 11.0 Å². The molecule has 0 N–H and O–H groups in total. The number of hydrogen-bond acceptors (Lipinski definition) is 2. The third kappa shape index (κ3) is 2.18. The van der Waals surface area contributed by atoms with E-state index in [0.29, 0.717) is 0 Å². The molecule has 0 saturated heterocycles. The summed E-state index contributed by atoms with van der Waals surface area (Å²) < 4.78 is 1.11. The van der Waals surface area contributed by atoms with E-state index in [1.807, 2.05) is 25.1 Å². The molecule has 0 aliphatic heterocycles. The van der Waals surface area contributed by atoms with Crippen molar-refractivity contribution < 1.29 is 0 Å². The molecule has 1 nitrogen and oxygen atoms in total. The zero-order valence-electron chi connectivity index (χ0n) is 5.97. The molecule has 0 amide bonds. The van der Waals surface area contributed by atoms with Gasteiger partial charge in [0.1, 0.15) is 0 Å². The standard InChI is InChI=1S/C8H6BrNS/c1-6-8(9)5-7(11-6)3-2-4-10/h2-3,5H,1H3/b3-2+. The van der Waals surface area contributed by atoms with Crippen molar-refractivity contribution in [2.24, 2.45) is 0 Å². The van der Waals surface area contributed by atoms with E-state index in [-0.39, 0.29) is 0 Å². The van der Waals surface area contributed by atoms with Crippen LogP contribution in [0.4, 0.5) is 0 Å². The molecule has 0 radical (unpaired) electrons. The summed E-state index contributed by atoms with van der Waals surface area (Å²) in [4.78, 5) is 2.35. The first-order valence-corrected chi connectivity index (χ1v) is 4.67. The highest BCUT2D eigenvalue weighted by Crippen LogP contribution is 2.26. The summed E-state index contributed by atoms with van der Waals surface area (Å²) in [6.45, 7) is 2.04. The van der Waals surface area contributed by atoms with Crippen molar-refractivity contribution >= 4 is 33.3 Å². The van der Waals surface area contributed by atoms with E-state index in [1.54, 1.807) is 11.3 Å². The third-order valence-corrected chi connectivity index (χ3v) is 3.30. The van der Waals surface area contributed by atoms with Crippen LogP contribution >= 0.6 is 27.3 Å². The van der Waals surface area contributed by atoms with Crippen LogP contribution in [0.5, 0.6) is 0 Å². The van der Waals surface area contributed by atoms with Gasteiger partial charge in [0.2, 0.25) is 0 Å². The molecule has 0 bridgehead atoms. The van der Waals surface area contributed by atoms with Gasteiger partial charge < -0.3 is 0 Å². The second-order valence-electron chi connectivity index (χ2n) is 2.02. The molecule has 0 aliphatic carbocycles. The average molecular weight is 228 g/mol. The quantitative estimate of drug-likeness (QED) is 0.676. The van der Waals surface area contributed by atoms with Gasteiger partial charge in [-0.05, 0) is 35.0 Å². The molecule has 1 aromatic heterocycles. The van der Waals surface area contributed by atoms with Crippen LogP contribution < -0.4 is 0 Å². The monoisotopic (exact) mass is 227 g/mol. The number of aryl methyl sites for hydroxylation is 1. The van der Waals surface area contributed by atoms with Gasteiger partial charge in [-0.2, -0.15) is 5.26 Å². The number of allylic oxidation sites excluding steroid dienone is 1. The summed E-state index contributed by atoms with van der Waals surface area (Å²) in [5.41, 5.74) is 0. The van der Waals surface area contributed by atoms with Gasteiger partial charge in [-0.1, -0.05) is 0 Å². The predicted octanol–water partition coefficient (Wildman–Crippen LogP) is 3.36. The lowest BCUT2D eigenvalue weighted by molar-refractivity contribution is 1.54. The van der Waals surface area contributed by atoms with Crippen molar-refractivity contribution in [2.75, 3.05) is 0 Å². The van der Waals surface area contributed by atoms with E-state index >= 15 is 0 Å². The van der Waals surface area contributed by atoms with Crippen molar-refractivity contribution in [3.8, 4) is 6.07 Å². The maximum absolute atomic E-state index is 8.26. The molecule has 1 rings (SSSR count). The fourth-order valence-corrected chi connectivity index (χ4v) is 2.15. The van der Waals surface area contributed by atoms with E-state index in [0.717, 1.165) is 9.35 Å². The van der Waals surface area contributed by atoms with Crippen LogP contribution in [0.2, 0.25) is 0 Å². The van der Waals surface area contributed by atoms with Gasteiger partial charge in [0.05, 0.1) is 6.07 Å². The Hall–Kier alpha value is -0.590. The Bertz CT molecular complexity index is 300. The summed E-state index contributed by atoms with van der Waals surface area (Å²) in [5.74, 6) is 0. The average Bonchev–Trinajstić information content (AvgIpc) is 2.28. The van der Waals surface area contributed by atoms with Crippen LogP contribution in [0.15, 0.2) is 16.6 Å². The van der Waals surface area contributed by atoms with Gasteiger partial charge >= 0.3 is 0 Å². The van der Waals surface area contributed by atoms with E-state index in [2.05, 4.69) is 15.9 Å². The minimum atomic E-state index is 1.11. The highest BCUT2D eigenvalue weighted by Gasteiger charge is 1.98. The lowest BCUT2D eigenvalue weighted by Crippen LogP contribution is -1.54. The van der Waals surface area contributed by atoms with Crippen molar-refractivity contribution in [2.45, 2.75) is 6.92 Å². The molecule has 0 fully saturated rings. The third-order valence-electron chi connectivity index (χ3n) is 1.20. The lowest BCUT2D eigenvalue weighted by Gasteiger charge is -1.77. The van der Waals surface area contributed by atoms with E-state index in [4.69, 9.17) is 5.26 Å². The fraction of sp³-hybridized carbons (Fsp3) is 0.125. The number of rotatable bonds is 1. The second kappa shape index (κ2) is 3.70. The Balaban J connectivity index is 2.91. The van der Waals surface area contributed by atoms with Crippen molar-refractivity contribution in [3.05, 3.63) is 26.4 Å². The lowest BCUT2D eigenvalue weighted by atomic mass is 10.4. The Kier molecular flexibility index (Phi) is 2.86. The zero-order chi connectivity index (χ0) is 8.27. The van der Waals surface area contributed by atoms with E-state index in [9.17, 15) is 0 Å². The summed E-state index contributed by atoms with van der Waals surface area (Å²) in [6.07, 6.45) is 3.29. The first-order valence-electron chi connectivity index (χ1n) is 3.06. The molecule has 56 valence electrons. The molecule has 1 aromatic rings. The van der Waals surface area contributed by atoms with Crippen molar-refractivity contribution in [1.29, 1.82) is 5.26 Å². The molecule has 0 unspecified atom stereocenters. The molecule has 3 heteroatoms. The smallest absolute Gasteiger partial charge is 0.0912 e. The molecule has 1 heterocycles. The Morgan fingerprint density at radius 1 is 1.73 bits per heavy atom. The number of nitrogens with zero attached hydrogens (tertiary/aromatic N) is 1. The van der Waals surface area contributed by atoms with Gasteiger partial charge in [-0.25, -0.2) is 0 Å². The molecular weight excluding hydrogens is 222 g/mol. The predicted molar refractivity (Wildman–Crippen MR) is 51.4 cm³/mol. The molecule has 0 spiro atoms. The highest BCUT2D eigenvalue weighted by molar-refractivity contribution is 9.10. The van der Waals surface area contributed by atoms with Crippen LogP contribution in [-0.2, 0) is 0 Å². The van der Waals surface area contributed by atoms with Gasteiger partial charge in [-0.3, -0.25) is 0 Å². The van der Waals surface area contributed by atoms with Crippen LogP contribution in [0.1, 0.15) is 9.75 Å². The van der Waals surface area contributed by atoms with Crippen LogP contribution in [-0.4, -0.2) is 0 Å². The first-order chi connectivity index (χ1) is 5.24. The molecular formula is C8H6BrNS. The van der Waals surface area contributed by atoms with Crippen LogP contribution in [0.3, 0.4) is 0 Å². The zero-order valence-corrected chi connectivity index (χ0v) is 8.37. The SMILES string of the molecule is Cc1sc(/C=C/C#N)cc1Br. The minimum absolute atomic E-state index is 1.11. The fourth-order valence-electron chi connectivity index (χ4n) is 0.683. The van der Waals surface area contributed by atoms with Gasteiger partial charge in [0.25, 0.3) is 0 Å². The topological polar surface area (TPSA) is 23.8 Å². The van der Waals surface area contributed by atoms with Crippen LogP contribution in [0.25, 0.3) is 6.08 Å². The number of halogens is 1. The first kappa shape index (κ1) is 8.51.